The molecule has 0 saturated heterocycles. The van der Waals surface area contributed by atoms with Gasteiger partial charge >= 0.3 is 0 Å². The topological polar surface area (TPSA) is 38.9 Å². The molecule has 78 valence electrons. The van der Waals surface area contributed by atoms with E-state index in [1.807, 2.05) is 12.1 Å². The molecule has 2 N–H and O–H groups in total. The highest BCUT2D eigenvalue weighted by atomic mass is 79.9. The van der Waals surface area contributed by atoms with Crippen LogP contribution in [0.25, 0.3) is 0 Å². The molecule has 0 saturated carbocycles. The van der Waals surface area contributed by atoms with Gasteiger partial charge < -0.3 is 5.73 Å². The van der Waals surface area contributed by atoms with Crippen molar-refractivity contribution in [3.05, 3.63) is 28.5 Å². The van der Waals surface area contributed by atoms with Crippen molar-refractivity contribution in [3.63, 3.8) is 0 Å². The van der Waals surface area contributed by atoms with Crippen LogP contribution in [-0.4, -0.2) is 4.98 Å². The van der Waals surface area contributed by atoms with Crippen molar-refractivity contribution in [1.29, 1.82) is 0 Å². The van der Waals surface area contributed by atoms with Gasteiger partial charge in [0.2, 0.25) is 0 Å². The number of aromatic nitrogens is 1. The Balaban J connectivity index is 2.56. The summed E-state index contributed by atoms with van der Waals surface area (Å²) in [4.78, 5) is 4.08. The standard InChI is InChI=1S/C11H17BrN2/c1-8(2)3-4-10(13)9-5-6-14-11(12)7-9/h5-8,10H,3-4,13H2,1-2H3/t10-/m0/s1. The first kappa shape index (κ1) is 11.7. The van der Waals surface area contributed by atoms with Crippen LogP contribution < -0.4 is 5.73 Å². The van der Waals surface area contributed by atoms with Gasteiger partial charge in [0, 0.05) is 12.2 Å². The van der Waals surface area contributed by atoms with Crippen LogP contribution >= 0.6 is 15.9 Å². The molecule has 0 fully saturated rings. The summed E-state index contributed by atoms with van der Waals surface area (Å²) in [5.74, 6) is 0.714. The Morgan fingerprint density at radius 3 is 2.71 bits per heavy atom. The molecule has 2 nitrogen and oxygen atoms in total. The van der Waals surface area contributed by atoms with Crippen molar-refractivity contribution in [2.24, 2.45) is 11.7 Å². The Labute approximate surface area is 94.0 Å². The molecule has 0 radical (unpaired) electrons. The van der Waals surface area contributed by atoms with Crippen LogP contribution in [0.3, 0.4) is 0 Å². The quantitative estimate of drug-likeness (QED) is 0.840. The zero-order chi connectivity index (χ0) is 10.6. The zero-order valence-electron chi connectivity index (χ0n) is 8.70. The molecular formula is C11H17BrN2. The summed E-state index contributed by atoms with van der Waals surface area (Å²) in [7, 11) is 0. The maximum Gasteiger partial charge on any atom is 0.106 e. The third-order valence-corrected chi connectivity index (χ3v) is 2.67. The van der Waals surface area contributed by atoms with E-state index in [9.17, 15) is 0 Å². The molecule has 1 aromatic heterocycles. The molecule has 0 aliphatic rings. The lowest BCUT2D eigenvalue weighted by Crippen LogP contribution is -2.11. The molecule has 0 aromatic carbocycles. The molecular weight excluding hydrogens is 240 g/mol. The smallest absolute Gasteiger partial charge is 0.106 e. The highest BCUT2D eigenvalue weighted by Gasteiger charge is 2.07. The van der Waals surface area contributed by atoms with Crippen LogP contribution in [0, 0.1) is 5.92 Å². The summed E-state index contributed by atoms with van der Waals surface area (Å²) in [6.45, 7) is 4.43. The molecule has 0 bridgehead atoms. The second-order valence-electron chi connectivity index (χ2n) is 3.99. The van der Waals surface area contributed by atoms with E-state index in [-0.39, 0.29) is 6.04 Å². The average molecular weight is 257 g/mol. The summed E-state index contributed by atoms with van der Waals surface area (Å²) >= 11 is 3.34. The van der Waals surface area contributed by atoms with Gasteiger partial charge in [0.05, 0.1) is 0 Å². The van der Waals surface area contributed by atoms with Crippen molar-refractivity contribution in [2.45, 2.75) is 32.7 Å². The molecule has 1 aromatic rings. The molecule has 1 atom stereocenters. The number of nitrogens with zero attached hydrogens (tertiary/aromatic N) is 1. The third kappa shape index (κ3) is 3.76. The van der Waals surface area contributed by atoms with Crippen molar-refractivity contribution < 1.29 is 0 Å². The van der Waals surface area contributed by atoms with Gasteiger partial charge in [-0.05, 0) is 52.4 Å². The Morgan fingerprint density at radius 2 is 2.14 bits per heavy atom. The first-order valence-electron chi connectivity index (χ1n) is 4.96. The van der Waals surface area contributed by atoms with Crippen molar-refractivity contribution >= 4 is 15.9 Å². The SMILES string of the molecule is CC(C)CC[C@H](N)c1ccnc(Br)c1. The van der Waals surface area contributed by atoms with Crippen LogP contribution in [0.2, 0.25) is 0 Å². The normalized spacial score (nSPS) is 13.2. The van der Waals surface area contributed by atoms with Gasteiger partial charge in [0.15, 0.2) is 0 Å². The van der Waals surface area contributed by atoms with Crippen LogP contribution in [0.15, 0.2) is 22.9 Å². The predicted octanol–water partition coefficient (Wildman–Crippen LogP) is 3.28. The summed E-state index contributed by atoms with van der Waals surface area (Å²) in [5.41, 5.74) is 7.22. The minimum atomic E-state index is 0.136. The van der Waals surface area contributed by atoms with E-state index in [1.165, 1.54) is 6.42 Å². The summed E-state index contributed by atoms with van der Waals surface area (Å²) in [5, 5.41) is 0. The minimum Gasteiger partial charge on any atom is -0.324 e. The Kier molecular flexibility index (Phi) is 4.55. The number of hydrogen-bond donors (Lipinski definition) is 1. The molecule has 3 heteroatoms. The van der Waals surface area contributed by atoms with Gasteiger partial charge in [-0.2, -0.15) is 0 Å². The highest BCUT2D eigenvalue weighted by Crippen LogP contribution is 2.20. The molecule has 14 heavy (non-hydrogen) atoms. The lowest BCUT2D eigenvalue weighted by atomic mass is 9.99. The predicted molar refractivity (Wildman–Crippen MR) is 62.9 cm³/mol. The number of rotatable bonds is 4. The molecule has 0 unspecified atom stereocenters. The second-order valence-corrected chi connectivity index (χ2v) is 4.80. The third-order valence-electron chi connectivity index (χ3n) is 2.23. The number of halogens is 1. The molecule has 1 rings (SSSR count). The Bertz CT molecular complexity index is 286. The fourth-order valence-corrected chi connectivity index (χ4v) is 1.71. The highest BCUT2D eigenvalue weighted by molar-refractivity contribution is 9.10. The van der Waals surface area contributed by atoms with Gasteiger partial charge in [-0.3, -0.25) is 0 Å². The van der Waals surface area contributed by atoms with Gasteiger partial charge in [0.25, 0.3) is 0 Å². The second kappa shape index (κ2) is 5.47. The van der Waals surface area contributed by atoms with Crippen LogP contribution in [0.4, 0.5) is 0 Å². The molecule has 0 spiro atoms. The van der Waals surface area contributed by atoms with Gasteiger partial charge in [0.1, 0.15) is 4.60 Å². The summed E-state index contributed by atoms with van der Waals surface area (Å²) < 4.78 is 0.856. The average Bonchev–Trinajstić information content (AvgIpc) is 2.14. The fourth-order valence-electron chi connectivity index (χ4n) is 1.33. The zero-order valence-corrected chi connectivity index (χ0v) is 10.3. The van der Waals surface area contributed by atoms with Crippen LogP contribution in [0.1, 0.15) is 38.3 Å². The molecule has 1 heterocycles. The summed E-state index contributed by atoms with van der Waals surface area (Å²) in [6, 6.07) is 4.11. The first-order chi connectivity index (χ1) is 6.59. The van der Waals surface area contributed by atoms with E-state index in [0.29, 0.717) is 5.92 Å². The minimum absolute atomic E-state index is 0.136. The number of nitrogens with two attached hydrogens (primary N) is 1. The fraction of sp³-hybridized carbons (Fsp3) is 0.545. The Hall–Kier alpha value is -0.410. The summed E-state index contributed by atoms with van der Waals surface area (Å²) in [6.07, 6.45) is 3.99. The Morgan fingerprint density at radius 1 is 1.43 bits per heavy atom. The number of pyridine rings is 1. The van der Waals surface area contributed by atoms with E-state index < -0.39 is 0 Å². The van der Waals surface area contributed by atoms with Crippen molar-refractivity contribution in [2.75, 3.05) is 0 Å². The number of hydrogen-bond acceptors (Lipinski definition) is 2. The van der Waals surface area contributed by atoms with E-state index in [4.69, 9.17) is 5.73 Å². The van der Waals surface area contributed by atoms with Crippen LogP contribution in [0.5, 0.6) is 0 Å². The lowest BCUT2D eigenvalue weighted by molar-refractivity contribution is 0.507. The van der Waals surface area contributed by atoms with Gasteiger partial charge in [-0.15, -0.1) is 0 Å². The van der Waals surface area contributed by atoms with Crippen molar-refractivity contribution in [3.8, 4) is 0 Å². The van der Waals surface area contributed by atoms with Gasteiger partial charge in [-0.25, -0.2) is 4.98 Å². The van der Waals surface area contributed by atoms with Gasteiger partial charge in [-0.1, -0.05) is 13.8 Å². The lowest BCUT2D eigenvalue weighted by Gasteiger charge is -2.13. The van der Waals surface area contributed by atoms with E-state index in [0.717, 1.165) is 16.6 Å². The monoisotopic (exact) mass is 256 g/mol. The maximum absolute atomic E-state index is 6.06. The molecule has 0 amide bonds. The molecule has 0 aliphatic carbocycles. The molecule has 0 aliphatic heterocycles. The van der Waals surface area contributed by atoms with Crippen molar-refractivity contribution in [1.82, 2.24) is 4.98 Å². The van der Waals surface area contributed by atoms with Crippen LogP contribution in [-0.2, 0) is 0 Å². The van der Waals surface area contributed by atoms with E-state index in [2.05, 4.69) is 34.8 Å². The largest absolute Gasteiger partial charge is 0.324 e. The first-order valence-corrected chi connectivity index (χ1v) is 5.76. The van der Waals surface area contributed by atoms with E-state index >= 15 is 0 Å². The van der Waals surface area contributed by atoms with E-state index in [1.54, 1.807) is 6.20 Å². The maximum atomic E-state index is 6.06.